The fourth-order valence-electron chi connectivity index (χ4n) is 3.03. The molecule has 1 unspecified atom stereocenters. The normalized spacial score (nSPS) is 38.1. The molecule has 0 N–H and O–H groups in total. The van der Waals surface area contributed by atoms with Gasteiger partial charge in [-0.05, 0) is 31.6 Å². The molecule has 2 fully saturated rings. The highest BCUT2D eigenvalue weighted by molar-refractivity contribution is 5.70. The number of rotatable bonds is 4. The summed E-state index contributed by atoms with van der Waals surface area (Å²) in [5, 5.41) is 0. The summed E-state index contributed by atoms with van der Waals surface area (Å²) in [5.74, 6) is 0.773. The molecule has 2 rings (SSSR count). The van der Waals surface area contributed by atoms with Gasteiger partial charge in [0.25, 0.3) is 0 Å². The molecule has 92 valence electrons. The zero-order valence-corrected chi connectivity index (χ0v) is 10.3. The second-order valence-electron chi connectivity index (χ2n) is 5.29. The molecule has 3 nitrogen and oxygen atoms in total. The van der Waals surface area contributed by atoms with Crippen LogP contribution in [0.25, 0.3) is 0 Å². The van der Waals surface area contributed by atoms with Crippen LogP contribution in [0.1, 0.15) is 45.4 Å². The van der Waals surface area contributed by atoms with Crippen molar-refractivity contribution in [3.63, 3.8) is 0 Å². The smallest absolute Gasteiger partial charge is 0.306 e. The number of methoxy groups -OCH3 is 1. The van der Waals surface area contributed by atoms with Crippen LogP contribution in [-0.2, 0) is 14.3 Å². The highest BCUT2D eigenvalue weighted by Gasteiger charge is 2.49. The van der Waals surface area contributed by atoms with E-state index >= 15 is 0 Å². The molecule has 1 atom stereocenters. The van der Waals surface area contributed by atoms with Crippen molar-refractivity contribution in [1.29, 1.82) is 0 Å². The molecular formula is C13H22O3. The maximum Gasteiger partial charge on any atom is 0.306 e. The van der Waals surface area contributed by atoms with E-state index in [0.717, 1.165) is 25.4 Å². The third-order valence-electron chi connectivity index (χ3n) is 4.42. The third-order valence-corrected chi connectivity index (χ3v) is 4.42. The van der Waals surface area contributed by atoms with Gasteiger partial charge in [-0.25, -0.2) is 0 Å². The van der Waals surface area contributed by atoms with Gasteiger partial charge in [0.15, 0.2) is 0 Å². The van der Waals surface area contributed by atoms with E-state index in [4.69, 9.17) is 9.47 Å². The highest BCUT2D eigenvalue weighted by Crippen LogP contribution is 2.49. The summed E-state index contributed by atoms with van der Waals surface area (Å²) in [5.41, 5.74) is 0.0960. The minimum Gasteiger partial charge on any atom is -0.469 e. The predicted molar refractivity (Wildman–Crippen MR) is 61.1 cm³/mol. The van der Waals surface area contributed by atoms with Gasteiger partial charge >= 0.3 is 5.97 Å². The summed E-state index contributed by atoms with van der Waals surface area (Å²) in [6.07, 6.45) is 6.88. The lowest BCUT2D eigenvalue weighted by Gasteiger charge is -2.38. The van der Waals surface area contributed by atoms with E-state index in [2.05, 4.69) is 6.92 Å². The first-order valence-electron chi connectivity index (χ1n) is 6.38. The van der Waals surface area contributed by atoms with E-state index < -0.39 is 0 Å². The van der Waals surface area contributed by atoms with Crippen molar-refractivity contribution in [1.82, 2.24) is 0 Å². The van der Waals surface area contributed by atoms with Crippen molar-refractivity contribution in [2.24, 2.45) is 11.3 Å². The number of carbonyl (C=O) groups excluding carboxylic acids is 1. The zero-order chi connectivity index (χ0) is 11.6. The summed E-state index contributed by atoms with van der Waals surface area (Å²) < 4.78 is 10.3. The SMILES string of the molecule is CCC1CCC(CC(=O)OC)(C2CO2)CC1. The molecule has 1 aliphatic heterocycles. The van der Waals surface area contributed by atoms with E-state index in [-0.39, 0.29) is 11.4 Å². The fraction of sp³-hybridized carbons (Fsp3) is 0.923. The topological polar surface area (TPSA) is 38.8 Å². The standard InChI is InChI=1S/C13H22O3/c1-3-10-4-6-13(7-5-10,11-9-16-11)8-12(14)15-2/h10-11H,3-9H2,1-2H3. The fourth-order valence-corrected chi connectivity index (χ4v) is 3.03. The Balaban J connectivity index is 1.97. The number of epoxide rings is 1. The van der Waals surface area contributed by atoms with Crippen molar-refractivity contribution in [3.05, 3.63) is 0 Å². The summed E-state index contributed by atoms with van der Waals surface area (Å²) >= 11 is 0. The van der Waals surface area contributed by atoms with Crippen LogP contribution in [0.2, 0.25) is 0 Å². The molecular weight excluding hydrogens is 204 g/mol. The Hall–Kier alpha value is -0.570. The van der Waals surface area contributed by atoms with Crippen molar-refractivity contribution in [2.75, 3.05) is 13.7 Å². The molecule has 0 aromatic heterocycles. The maximum absolute atomic E-state index is 11.5. The van der Waals surface area contributed by atoms with Crippen LogP contribution in [0.5, 0.6) is 0 Å². The minimum absolute atomic E-state index is 0.0783. The van der Waals surface area contributed by atoms with E-state index in [1.165, 1.54) is 26.4 Å². The van der Waals surface area contributed by atoms with Crippen LogP contribution < -0.4 is 0 Å². The number of ether oxygens (including phenoxy) is 2. The van der Waals surface area contributed by atoms with Gasteiger partial charge in [-0.3, -0.25) is 4.79 Å². The summed E-state index contributed by atoms with van der Waals surface area (Å²) in [6.45, 7) is 3.10. The Labute approximate surface area is 97.5 Å². The van der Waals surface area contributed by atoms with Crippen molar-refractivity contribution >= 4 is 5.97 Å². The minimum atomic E-state index is -0.0783. The van der Waals surface area contributed by atoms with Crippen LogP contribution in [-0.4, -0.2) is 25.8 Å². The van der Waals surface area contributed by atoms with Crippen molar-refractivity contribution in [3.8, 4) is 0 Å². The lowest BCUT2D eigenvalue weighted by atomic mass is 9.66. The number of hydrogen-bond acceptors (Lipinski definition) is 3. The summed E-state index contributed by atoms with van der Waals surface area (Å²) in [4.78, 5) is 11.5. The van der Waals surface area contributed by atoms with Crippen LogP contribution in [0, 0.1) is 11.3 Å². The van der Waals surface area contributed by atoms with Gasteiger partial charge in [0.2, 0.25) is 0 Å². The Morgan fingerprint density at radius 2 is 2.06 bits per heavy atom. The number of hydrogen-bond donors (Lipinski definition) is 0. The van der Waals surface area contributed by atoms with Crippen molar-refractivity contribution in [2.45, 2.75) is 51.6 Å². The van der Waals surface area contributed by atoms with E-state index in [1.807, 2.05) is 0 Å². The van der Waals surface area contributed by atoms with Gasteiger partial charge in [0.1, 0.15) is 0 Å². The largest absolute Gasteiger partial charge is 0.469 e. The maximum atomic E-state index is 11.5. The Morgan fingerprint density at radius 3 is 2.50 bits per heavy atom. The highest BCUT2D eigenvalue weighted by atomic mass is 16.6. The van der Waals surface area contributed by atoms with Crippen LogP contribution >= 0.6 is 0 Å². The molecule has 0 aromatic rings. The molecule has 0 spiro atoms. The van der Waals surface area contributed by atoms with Crippen LogP contribution in [0.4, 0.5) is 0 Å². The van der Waals surface area contributed by atoms with Crippen LogP contribution in [0.3, 0.4) is 0 Å². The number of carbonyl (C=O) groups is 1. The van der Waals surface area contributed by atoms with Gasteiger partial charge in [0, 0.05) is 5.41 Å². The molecule has 16 heavy (non-hydrogen) atoms. The van der Waals surface area contributed by atoms with Gasteiger partial charge in [0.05, 0.1) is 26.2 Å². The van der Waals surface area contributed by atoms with Crippen molar-refractivity contribution < 1.29 is 14.3 Å². The monoisotopic (exact) mass is 226 g/mol. The Morgan fingerprint density at radius 1 is 1.44 bits per heavy atom. The Bertz CT molecular complexity index is 250. The first kappa shape index (κ1) is 11.9. The van der Waals surface area contributed by atoms with Crippen LogP contribution in [0.15, 0.2) is 0 Å². The first-order chi connectivity index (χ1) is 7.70. The van der Waals surface area contributed by atoms with Gasteiger partial charge in [-0.15, -0.1) is 0 Å². The second-order valence-corrected chi connectivity index (χ2v) is 5.29. The summed E-state index contributed by atoms with van der Waals surface area (Å²) in [6, 6.07) is 0. The van der Waals surface area contributed by atoms with E-state index in [0.29, 0.717) is 12.5 Å². The average molecular weight is 226 g/mol. The molecule has 0 bridgehead atoms. The number of esters is 1. The molecule has 2 aliphatic rings. The quantitative estimate of drug-likeness (QED) is 0.546. The average Bonchev–Trinajstić information content (AvgIpc) is 3.14. The lowest BCUT2D eigenvalue weighted by molar-refractivity contribution is -0.144. The molecule has 1 saturated heterocycles. The molecule has 1 heterocycles. The molecule has 0 amide bonds. The van der Waals surface area contributed by atoms with Gasteiger partial charge in [-0.2, -0.15) is 0 Å². The van der Waals surface area contributed by atoms with E-state index in [1.54, 1.807) is 0 Å². The first-order valence-corrected chi connectivity index (χ1v) is 6.38. The molecule has 3 heteroatoms. The lowest BCUT2D eigenvalue weighted by Crippen LogP contribution is -2.35. The Kier molecular flexibility index (Phi) is 3.53. The van der Waals surface area contributed by atoms with Gasteiger partial charge < -0.3 is 9.47 Å². The molecule has 1 aliphatic carbocycles. The molecule has 0 radical (unpaired) electrons. The van der Waals surface area contributed by atoms with E-state index in [9.17, 15) is 4.79 Å². The third kappa shape index (κ3) is 2.40. The predicted octanol–water partition coefficient (Wildman–Crippen LogP) is 2.53. The summed E-state index contributed by atoms with van der Waals surface area (Å²) in [7, 11) is 1.47. The van der Waals surface area contributed by atoms with Gasteiger partial charge in [-0.1, -0.05) is 13.3 Å². The second kappa shape index (κ2) is 4.74. The zero-order valence-electron chi connectivity index (χ0n) is 10.3. The molecule has 1 saturated carbocycles. The molecule has 0 aromatic carbocycles.